The number of ether oxygens (including phenoxy) is 1. The monoisotopic (exact) mass is 626 g/mol. The van der Waals surface area contributed by atoms with Gasteiger partial charge in [0.1, 0.15) is 11.5 Å². The van der Waals surface area contributed by atoms with Crippen LogP contribution in [0.1, 0.15) is 55.1 Å². The number of fused-ring (bicyclic) bond motifs is 1. The molecule has 3 aliphatic heterocycles. The first-order valence-corrected chi connectivity index (χ1v) is 17.1. The highest BCUT2D eigenvalue weighted by Gasteiger charge is 2.37. The number of nitrogens with one attached hydrogen (secondary N) is 1. The number of aromatic nitrogens is 1. The molecule has 0 spiro atoms. The van der Waals surface area contributed by atoms with Crippen molar-refractivity contribution in [3.05, 3.63) is 59.2 Å². The van der Waals surface area contributed by atoms with Crippen molar-refractivity contribution in [2.24, 2.45) is 11.8 Å². The van der Waals surface area contributed by atoms with E-state index in [2.05, 4.69) is 31.3 Å². The number of halogens is 1. The van der Waals surface area contributed by atoms with Crippen molar-refractivity contribution in [3.8, 4) is 0 Å². The maximum absolute atomic E-state index is 13.9. The highest BCUT2D eigenvalue weighted by Crippen LogP contribution is 2.47. The van der Waals surface area contributed by atoms with Crippen LogP contribution in [0, 0.1) is 17.7 Å². The van der Waals surface area contributed by atoms with Gasteiger partial charge < -0.3 is 14.5 Å². The predicted octanol–water partition coefficient (Wildman–Crippen LogP) is 3.85. The lowest BCUT2D eigenvalue weighted by Gasteiger charge is -2.46. The van der Waals surface area contributed by atoms with Gasteiger partial charge in [0, 0.05) is 69.8 Å². The fourth-order valence-electron chi connectivity index (χ4n) is 6.93. The molecule has 1 aromatic carbocycles. The Balaban J connectivity index is 1.36. The summed E-state index contributed by atoms with van der Waals surface area (Å²) in [5.74, 6) is -0.0672. The van der Waals surface area contributed by atoms with Crippen molar-refractivity contribution in [1.82, 2.24) is 23.8 Å². The van der Waals surface area contributed by atoms with E-state index in [1.165, 1.54) is 38.2 Å². The minimum Gasteiger partial charge on any atom is -0.379 e. The number of benzene rings is 1. The number of morpholine rings is 1. The van der Waals surface area contributed by atoms with Crippen molar-refractivity contribution < 1.29 is 22.3 Å². The lowest BCUT2D eigenvalue weighted by atomic mass is 9.76. The van der Waals surface area contributed by atoms with Gasteiger partial charge in [-0.05, 0) is 80.3 Å². The zero-order valence-corrected chi connectivity index (χ0v) is 26.7. The Hall–Kier alpha value is -3.06. The molecular weight excluding hydrogens is 583 g/mol. The Bertz CT molecular complexity index is 1500. The molecule has 4 aliphatic rings. The van der Waals surface area contributed by atoms with E-state index >= 15 is 0 Å². The van der Waals surface area contributed by atoms with E-state index in [0.717, 1.165) is 92.0 Å². The summed E-state index contributed by atoms with van der Waals surface area (Å²) < 4.78 is 47.5. The Morgan fingerprint density at radius 3 is 2.36 bits per heavy atom. The Morgan fingerprint density at radius 2 is 1.75 bits per heavy atom. The molecule has 238 valence electrons. The molecular formula is C32H43FN6O4S. The predicted molar refractivity (Wildman–Crippen MR) is 168 cm³/mol. The Morgan fingerprint density at radius 1 is 1.07 bits per heavy atom. The van der Waals surface area contributed by atoms with Crippen LogP contribution in [0.5, 0.6) is 0 Å². The zero-order chi connectivity index (χ0) is 31.0. The first-order valence-electron chi connectivity index (χ1n) is 15.7. The van der Waals surface area contributed by atoms with E-state index in [-0.39, 0.29) is 11.5 Å². The van der Waals surface area contributed by atoms with Crippen molar-refractivity contribution in [3.63, 3.8) is 0 Å². The Kier molecular flexibility index (Phi) is 8.96. The van der Waals surface area contributed by atoms with Crippen LogP contribution in [0.3, 0.4) is 0 Å². The minimum atomic E-state index is -3.99. The number of carbonyl (C=O) groups is 1. The average molecular weight is 627 g/mol. The maximum Gasteiger partial charge on any atom is 0.303 e. The van der Waals surface area contributed by atoms with Crippen LogP contribution in [0.2, 0.25) is 0 Å². The molecule has 1 unspecified atom stereocenters. The molecule has 3 fully saturated rings. The molecule has 1 amide bonds. The van der Waals surface area contributed by atoms with Crippen molar-refractivity contribution in [1.29, 1.82) is 0 Å². The highest BCUT2D eigenvalue weighted by molar-refractivity contribution is 7.87. The molecule has 10 nitrogen and oxygen atoms in total. The van der Waals surface area contributed by atoms with Gasteiger partial charge in [-0.15, -0.1) is 0 Å². The van der Waals surface area contributed by atoms with Gasteiger partial charge >= 0.3 is 10.2 Å². The summed E-state index contributed by atoms with van der Waals surface area (Å²) in [5, 5.41) is 0. The molecule has 44 heavy (non-hydrogen) atoms. The van der Waals surface area contributed by atoms with Gasteiger partial charge in [0.05, 0.1) is 25.1 Å². The molecule has 6 rings (SSSR count). The number of hydrogen-bond acceptors (Lipinski definition) is 8. The van der Waals surface area contributed by atoms with E-state index in [1.54, 1.807) is 24.4 Å². The molecule has 4 heterocycles. The lowest BCUT2D eigenvalue weighted by Crippen LogP contribution is -2.48. The maximum atomic E-state index is 13.9. The summed E-state index contributed by atoms with van der Waals surface area (Å²) in [7, 11) is -1.25. The molecule has 2 aromatic rings. The van der Waals surface area contributed by atoms with Crippen LogP contribution in [0.25, 0.3) is 5.70 Å². The van der Waals surface area contributed by atoms with Gasteiger partial charge in [-0.25, -0.2) is 14.1 Å². The second-order valence-electron chi connectivity index (χ2n) is 12.6. The van der Waals surface area contributed by atoms with E-state index in [4.69, 9.17) is 4.74 Å². The number of rotatable bonds is 8. The number of piperidine rings is 1. The number of anilines is 2. The molecule has 1 aromatic heterocycles. The van der Waals surface area contributed by atoms with E-state index in [9.17, 15) is 17.6 Å². The summed E-state index contributed by atoms with van der Waals surface area (Å²) in [4.78, 5) is 24.8. The van der Waals surface area contributed by atoms with Crippen LogP contribution >= 0.6 is 0 Å². The molecule has 1 saturated carbocycles. The average Bonchev–Trinajstić information content (AvgIpc) is 3.00. The van der Waals surface area contributed by atoms with Gasteiger partial charge in [0.2, 0.25) is 0 Å². The molecule has 1 aliphatic carbocycles. The lowest BCUT2D eigenvalue weighted by molar-refractivity contribution is 0.000775. The summed E-state index contributed by atoms with van der Waals surface area (Å²) in [6.07, 6.45) is 7.18. The first-order chi connectivity index (χ1) is 21.1. The third-order valence-corrected chi connectivity index (χ3v) is 11.3. The van der Waals surface area contributed by atoms with Crippen molar-refractivity contribution in [2.75, 3.05) is 64.9 Å². The first kappa shape index (κ1) is 30.9. The third-order valence-electron chi connectivity index (χ3n) is 9.89. The molecule has 1 atom stereocenters. The molecule has 0 radical (unpaired) electrons. The summed E-state index contributed by atoms with van der Waals surface area (Å²) in [6.45, 7) is 8.35. The van der Waals surface area contributed by atoms with E-state index in [1.807, 2.05) is 0 Å². The second-order valence-corrected chi connectivity index (χ2v) is 14.5. The quantitative estimate of drug-likeness (QED) is 0.472. The van der Waals surface area contributed by atoms with E-state index < -0.39 is 16.1 Å². The molecule has 1 N–H and O–H groups in total. The van der Waals surface area contributed by atoms with Gasteiger partial charge in [-0.2, -0.15) is 12.7 Å². The summed E-state index contributed by atoms with van der Waals surface area (Å²) in [5.41, 5.74) is 5.04. The van der Waals surface area contributed by atoms with Crippen LogP contribution in [0.4, 0.5) is 15.8 Å². The standard InChI is InChI=1S/C32H43FN6O4S/c1-22(37-15-17-43-18-16-37)23-11-13-38(14-12-23)31-27-19-29(32(40)35-44(41,42)36(2)3)34-20-30(27)39(21-28(31)24-5-4-6-24)26-9-7-25(33)8-10-26/h7-10,19-20,22-24H,4-6,11-18,21H2,1-3H3,(H,35,40). The number of hydrogen-bond donors (Lipinski definition) is 1. The number of likely N-dealkylation sites (tertiary alicyclic amines) is 1. The van der Waals surface area contributed by atoms with Crippen LogP contribution < -0.4 is 9.62 Å². The number of nitrogens with zero attached hydrogens (tertiary/aromatic N) is 5. The summed E-state index contributed by atoms with van der Waals surface area (Å²) >= 11 is 0. The fourth-order valence-corrected chi connectivity index (χ4v) is 7.45. The number of amides is 1. The second kappa shape index (κ2) is 12.7. The molecule has 12 heteroatoms. The largest absolute Gasteiger partial charge is 0.379 e. The van der Waals surface area contributed by atoms with Crippen LogP contribution in [-0.4, -0.2) is 99.5 Å². The van der Waals surface area contributed by atoms with Crippen LogP contribution in [0.15, 0.2) is 42.1 Å². The number of pyridine rings is 1. The van der Waals surface area contributed by atoms with Gasteiger partial charge in [0.25, 0.3) is 5.91 Å². The van der Waals surface area contributed by atoms with Crippen LogP contribution in [-0.2, 0) is 14.9 Å². The summed E-state index contributed by atoms with van der Waals surface area (Å²) in [6, 6.07) is 8.68. The topological polar surface area (TPSA) is 98.3 Å². The van der Waals surface area contributed by atoms with Crippen molar-refractivity contribution >= 4 is 33.2 Å². The SMILES string of the molecule is CC(C1CCN(C2=C(C3CCC3)CN(c3ccc(F)cc3)c3cnc(C(=O)NS(=O)(=O)N(C)C)cc32)CC1)N1CCOCC1. The molecule has 2 saturated heterocycles. The smallest absolute Gasteiger partial charge is 0.303 e. The molecule has 0 bridgehead atoms. The van der Waals surface area contributed by atoms with Crippen molar-refractivity contribution in [2.45, 2.75) is 45.1 Å². The number of carbonyl (C=O) groups excluding carboxylic acids is 1. The zero-order valence-electron chi connectivity index (χ0n) is 25.8. The van der Waals surface area contributed by atoms with Gasteiger partial charge in [-0.1, -0.05) is 6.42 Å². The minimum absolute atomic E-state index is 0.0383. The van der Waals surface area contributed by atoms with E-state index in [0.29, 0.717) is 24.4 Å². The highest BCUT2D eigenvalue weighted by atomic mass is 32.2. The normalized spacial score (nSPS) is 21.3. The van der Waals surface area contributed by atoms with Gasteiger partial charge in [-0.3, -0.25) is 9.69 Å². The van der Waals surface area contributed by atoms with Gasteiger partial charge in [0.15, 0.2) is 0 Å². The Labute approximate surface area is 260 Å². The fraction of sp³-hybridized carbons (Fsp3) is 0.562. The third kappa shape index (κ3) is 6.22.